The maximum absolute atomic E-state index is 3.97. The lowest BCUT2D eigenvalue weighted by atomic mass is 10.1. The molecule has 1 fully saturated rings. The van der Waals surface area contributed by atoms with Crippen LogP contribution in [0.3, 0.4) is 0 Å². The Kier molecular flexibility index (Phi) is 10.7. The molecule has 2 heterocycles. The van der Waals surface area contributed by atoms with E-state index in [1.54, 1.807) is 5.57 Å². The van der Waals surface area contributed by atoms with Crippen LogP contribution in [0.25, 0.3) is 0 Å². The van der Waals surface area contributed by atoms with Crippen molar-refractivity contribution in [2.45, 2.75) is 94.8 Å². The van der Waals surface area contributed by atoms with E-state index in [1.165, 1.54) is 62.7 Å². The van der Waals surface area contributed by atoms with Crippen LogP contribution >= 0.6 is 23.5 Å². The molecule has 0 bridgehead atoms. The molecule has 22 heavy (non-hydrogen) atoms. The van der Waals surface area contributed by atoms with Gasteiger partial charge in [0.05, 0.1) is 0 Å². The Morgan fingerprint density at radius 1 is 1.14 bits per heavy atom. The number of rotatable bonds is 9. The van der Waals surface area contributed by atoms with Gasteiger partial charge in [-0.1, -0.05) is 76.2 Å². The van der Waals surface area contributed by atoms with Gasteiger partial charge in [-0.05, 0) is 26.7 Å². The van der Waals surface area contributed by atoms with Crippen LogP contribution in [0.15, 0.2) is 23.8 Å². The Labute approximate surface area is 148 Å². The summed E-state index contributed by atoms with van der Waals surface area (Å²) in [6, 6.07) is 0. The highest BCUT2D eigenvalue weighted by molar-refractivity contribution is 8.08. The van der Waals surface area contributed by atoms with E-state index in [-0.39, 0.29) is 0 Å². The van der Waals surface area contributed by atoms with E-state index in [9.17, 15) is 0 Å². The van der Waals surface area contributed by atoms with Gasteiger partial charge in [0.2, 0.25) is 0 Å². The molecule has 0 amide bonds. The predicted octanol–water partition coefficient (Wildman–Crippen LogP) is 7.26. The molecule has 2 rings (SSSR count). The third kappa shape index (κ3) is 8.72. The lowest BCUT2D eigenvalue weighted by molar-refractivity contribution is 0.670. The topological polar surface area (TPSA) is 0 Å². The molecule has 0 saturated carbocycles. The lowest BCUT2D eigenvalue weighted by Gasteiger charge is -2.04. The molecular formula is C20H36S2. The molecule has 3 atom stereocenters. The highest BCUT2D eigenvalue weighted by atomic mass is 32.2. The Morgan fingerprint density at radius 2 is 1.77 bits per heavy atom. The number of unbranched alkanes of at least 4 members (excludes halogenated alkanes) is 4. The van der Waals surface area contributed by atoms with E-state index in [2.05, 4.69) is 63.9 Å². The first kappa shape index (κ1) is 20.2. The molecule has 128 valence electrons. The van der Waals surface area contributed by atoms with Crippen molar-refractivity contribution in [1.82, 2.24) is 0 Å². The van der Waals surface area contributed by atoms with Crippen molar-refractivity contribution in [2.75, 3.05) is 5.75 Å². The second kappa shape index (κ2) is 11.7. The molecule has 0 aromatic carbocycles. The SMILES string of the molecule is C=C(C)C1SC1CCCCC.CCCCCC1C=C(C)CS1. The zero-order valence-corrected chi connectivity index (χ0v) is 16.8. The Morgan fingerprint density at radius 3 is 2.23 bits per heavy atom. The number of hydrogen-bond donors (Lipinski definition) is 0. The van der Waals surface area contributed by atoms with Crippen LogP contribution < -0.4 is 0 Å². The summed E-state index contributed by atoms with van der Waals surface area (Å²) in [5.74, 6) is 1.27. The zero-order valence-electron chi connectivity index (χ0n) is 15.2. The fourth-order valence-corrected chi connectivity index (χ4v) is 5.23. The lowest BCUT2D eigenvalue weighted by Crippen LogP contribution is -1.94. The first-order chi connectivity index (χ1) is 10.6. The van der Waals surface area contributed by atoms with Crippen molar-refractivity contribution >= 4 is 23.5 Å². The second-order valence-electron chi connectivity index (χ2n) is 6.80. The van der Waals surface area contributed by atoms with Crippen LogP contribution in [0.2, 0.25) is 0 Å². The van der Waals surface area contributed by atoms with E-state index < -0.39 is 0 Å². The average Bonchev–Trinajstić information content (AvgIpc) is 3.15. The number of thioether (sulfide) groups is 2. The maximum Gasteiger partial charge on any atom is 0.0373 e. The Bertz CT molecular complexity index is 346. The minimum Gasteiger partial charge on any atom is -0.150 e. The van der Waals surface area contributed by atoms with E-state index >= 15 is 0 Å². The van der Waals surface area contributed by atoms with Crippen LogP contribution in [-0.2, 0) is 0 Å². The van der Waals surface area contributed by atoms with Crippen LogP contribution in [0.4, 0.5) is 0 Å². The van der Waals surface area contributed by atoms with Crippen molar-refractivity contribution in [3.63, 3.8) is 0 Å². The van der Waals surface area contributed by atoms with E-state index in [1.807, 2.05) is 0 Å². The van der Waals surface area contributed by atoms with Gasteiger partial charge in [-0.2, -0.15) is 0 Å². The highest BCUT2D eigenvalue weighted by Gasteiger charge is 2.37. The quantitative estimate of drug-likeness (QED) is 0.246. The van der Waals surface area contributed by atoms with Gasteiger partial charge in [-0.3, -0.25) is 0 Å². The number of hydrogen-bond acceptors (Lipinski definition) is 2. The zero-order chi connectivity index (χ0) is 16.4. The first-order valence-corrected chi connectivity index (χ1v) is 11.2. The van der Waals surface area contributed by atoms with Gasteiger partial charge in [0, 0.05) is 21.5 Å². The van der Waals surface area contributed by atoms with E-state index in [0.29, 0.717) is 0 Å². The normalized spacial score (nSPS) is 26.2. The average molecular weight is 341 g/mol. The van der Waals surface area contributed by atoms with Gasteiger partial charge in [0.25, 0.3) is 0 Å². The van der Waals surface area contributed by atoms with Crippen molar-refractivity contribution in [3.8, 4) is 0 Å². The molecule has 0 radical (unpaired) electrons. The summed E-state index contributed by atoms with van der Waals surface area (Å²) in [6.45, 7) is 12.9. The summed E-state index contributed by atoms with van der Waals surface area (Å²) in [5, 5.41) is 2.59. The van der Waals surface area contributed by atoms with Crippen LogP contribution in [0, 0.1) is 0 Å². The smallest absolute Gasteiger partial charge is 0.0373 e. The maximum atomic E-state index is 3.97. The van der Waals surface area contributed by atoms with Gasteiger partial charge >= 0.3 is 0 Å². The molecule has 2 aliphatic heterocycles. The third-order valence-electron chi connectivity index (χ3n) is 4.25. The van der Waals surface area contributed by atoms with Gasteiger partial charge in [0.15, 0.2) is 0 Å². The Hall–Kier alpha value is 0.180. The standard InChI is InChI=1S/2C10H18S/c1-4-5-6-7-9-10(11-9)8(2)3;1-3-4-5-6-10-7-9(2)8-11-10/h9-10H,2,4-7H2,1,3H3;7,10H,3-6,8H2,1-2H3. The fraction of sp³-hybridized carbons (Fsp3) is 0.800. The summed E-state index contributed by atoms with van der Waals surface area (Å²) in [6.07, 6.45) is 13.6. The molecule has 2 aliphatic rings. The Balaban J connectivity index is 0.000000220. The summed E-state index contributed by atoms with van der Waals surface area (Å²) in [4.78, 5) is 0. The van der Waals surface area contributed by atoms with Crippen molar-refractivity contribution < 1.29 is 0 Å². The minimum absolute atomic E-state index is 0.812. The first-order valence-electron chi connectivity index (χ1n) is 9.18. The van der Waals surface area contributed by atoms with Gasteiger partial charge in [-0.15, -0.1) is 23.5 Å². The van der Waals surface area contributed by atoms with Gasteiger partial charge in [-0.25, -0.2) is 0 Å². The molecule has 3 unspecified atom stereocenters. The molecule has 2 heteroatoms. The second-order valence-corrected chi connectivity index (χ2v) is 9.41. The third-order valence-corrected chi connectivity index (χ3v) is 7.24. The highest BCUT2D eigenvalue weighted by Crippen LogP contribution is 2.48. The summed E-state index contributed by atoms with van der Waals surface area (Å²) in [5.41, 5.74) is 2.95. The van der Waals surface area contributed by atoms with E-state index in [4.69, 9.17) is 0 Å². The molecule has 0 aliphatic carbocycles. The molecule has 1 saturated heterocycles. The summed E-state index contributed by atoms with van der Waals surface area (Å²) < 4.78 is 0. The van der Waals surface area contributed by atoms with Crippen LogP contribution in [0.1, 0.15) is 79.1 Å². The molecule has 0 spiro atoms. The fourth-order valence-electron chi connectivity index (χ4n) is 2.81. The predicted molar refractivity (Wildman–Crippen MR) is 108 cm³/mol. The van der Waals surface area contributed by atoms with Gasteiger partial charge < -0.3 is 0 Å². The molecule has 0 aromatic heterocycles. The van der Waals surface area contributed by atoms with Crippen LogP contribution in [-0.4, -0.2) is 21.5 Å². The minimum atomic E-state index is 0.812. The van der Waals surface area contributed by atoms with Gasteiger partial charge in [0.1, 0.15) is 0 Å². The molecular weight excluding hydrogens is 304 g/mol. The van der Waals surface area contributed by atoms with Crippen LogP contribution in [0.5, 0.6) is 0 Å². The monoisotopic (exact) mass is 340 g/mol. The summed E-state index contributed by atoms with van der Waals surface area (Å²) >= 11 is 4.20. The molecule has 0 nitrogen and oxygen atoms in total. The summed E-state index contributed by atoms with van der Waals surface area (Å²) in [7, 11) is 0. The molecule has 0 N–H and O–H groups in total. The van der Waals surface area contributed by atoms with Crippen molar-refractivity contribution in [3.05, 3.63) is 23.8 Å². The van der Waals surface area contributed by atoms with Crippen molar-refractivity contribution in [1.29, 1.82) is 0 Å². The van der Waals surface area contributed by atoms with E-state index in [0.717, 1.165) is 15.7 Å². The van der Waals surface area contributed by atoms with Crippen molar-refractivity contribution in [2.24, 2.45) is 0 Å². The largest absolute Gasteiger partial charge is 0.150 e. The molecule has 0 aromatic rings.